The highest BCUT2D eigenvalue weighted by atomic mass is 35.5. The van der Waals surface area contributed by atoms with Crippen LogP contribution in [0.5, 0.6) is 0 Å². The van der Waals surface area contributed by atoms with Crippen LogP contribution in [0.15, 0.2) is 18.2 Å². The number of nitrogen functional groups attached to an aromatic ring is 1. The number of aromatic nitrogens is 1. The molecule has 1 aromatic heterocycles. The van der Waals surface area contributed by atoms with E-state index < -0.39 is 0 Å². The highest BCUT2D eigenvalue weighted by Crippen LogP contribution is 2.30. The second-order valence-electron chi connectivity index (χ2n) is 3.14. The molecule has 0 atom stereocenters. The van der Waals surface area contributed by atoms with E-state index in [9.17, 15) is 4.39 Å². The second kappa shape index (κ2) is 3.79. The molecule has 2 nitrogen and oxygen atoms in total. The maximum absolute atomic E-state index is 13.4. The number of halogens is 2. The van der Waals surface area contributed by atoms with Gasteiger partial charge in [0.2, 0.25) is 5.13 Å². The summed E-state index contributed by atoms with van der Waals surface area (Å²) in [6.07, 6.45) is 0. The van der Waals surface area contributed by atoms with Gasteiger partial charge in [-0.05, 0) is 18.6 Å². The number of hydrogen-bond donors (Lipinski definition) is 1. The van der Waals surface area contributed by atoms with E-state index >= 15 is 0 Å². The third kappa shape index (κ3) is 1.96. The summed E-state index contributed by atoms with van der Waals surface area (Å²) in [5.41, 5.74) is 7.28. The van der Waals surface area contributed by atoms with Crippen LogP contribution in [-0.4, -0.2) is 4.98 Å². The maximum atomic E-state index is 13.4. The molecule has 15 heavy (non-hydrogen) atoms. The zero-order valence-corrected chi connectivity index (χ0v) is 9.49. The number of aryl methyl sites for hydroxylation is 1. The minimum atomic E-state index is -0.382. The van der Waals surface area contributed by atoms with Crippen LogP contribution in [0.3, 0.4) is 0 Å². The molecule has 78 valence electrons. The summed E-state index contributed by atoms with van der Waals surface area (Å²) in [5.74, 6) is 0. The van der Waals surface area contributed by atoms with E-state index in [0.29, 0.717) is 10.6 Å². The van der Waals surface area contributed by atoms with Gasteiger partial charge in [-0.1, -0.05) is 35.1 Å². The summed E-state index contributed by atoms with van der Waals surface area (Å²) >= 11 is 6.78. The van der Waals surface area contributed by atoms with Gasteiger partial charge in [0, 0.05) is 10.6 Å². The van der Waals surface area contributed by atoms with E-state index in [1.165, 1.54) is 0 Å². The van der Waals surface area contributed by atoms with Crippen molar-refractivity contribution in [1.82, 2.24) is 4.98 Å². The summed E-state index contributed by atoms with van der Waals surface area (Å²) in [5, 5.41) is 0.435. The van der Waals surface area contributed by atoms with Crippen molar-refractivity contribution in [3.8, 4) is 11.3 Å². The Balaban J connectivity index is 2.54. The zero-order valence-electron chi connectivity index (χ0n) is 7.92. The largest absolute Gasteiger partial charge is 0.375 e. The van der Waals surface area contributed by atoms with Crippen molar-refractivity contribution < 1.29 is 4.39 Å². The predicted molar refractivity (Wildman–Crippen MR) is 61.7 cm³/mol. The van der Waals surface area contributed by atoms with Gasteiger partial charge in [-0.15, -0.1) is 0 Å². The molecule has 1 aromatic carbocycles. The minimum absolute atomic E-state index is 0.221. The van der Waals surface area contributed by atoms with E-state index in [1.54, 1.807) is 12.1 Å². The molecule has 1 heterocycles. The molecule has 2 rings (SSSR count). The smallest absolute Gasteiger partial charge is 0.206 e. The Labute approximate surface area is 95.5 Å². The number of nitrogens with two attached hydrogens (primary N) is 1. The van der Waals surface area contributed by atoms with Crippen LogP contribution in [0.4, 0.5) is 9.52 Å². The predicted octanol–water partition coefficient (Wildman–Crippen LogP) is 3.49. The van der Waals surface area contributed by atoms with Gasteiger partial charge in [-0.25, -0.2) is 4.98 Å². The lowest BCUT2D eigenvalue weighted by molar-refractivity contribution is 0.657. The van der Waals surface area contributed by atoms with Gasteiger partial charge in [0.25, 0.3) is 0 Å². The van der Waals surface area contributed by atoms with Crippen molar-refractivity contribution in [2.24, 2.45) is 0 Å². The van der Waals surface area contributed by atoms with E-state index in [-0.39, 0.29) is 16.0 Å². The molecule has 0 fully saturated rings. The number of rotatable bonds is 1. The third-order valence-corrected chi connectivity index (χ3v) is 3.13. The fourth-order valence-corrected chi connectivity index (χ4v) is 2.00. The Morgan fingerprint density at radius 1 is 1.47 bits per heavy atom. The summed E-state index contributed by atoms with van der Waals surface area (Å²) in [6.45, 7) is 1.89. The summed E-state index contributed by atoms with van der Waals surface area (Å²) in [6, 6.07) is 5.29. The van der Waals surface area contributed by atoms with Crippen LogP contribution in [0.25, 0.3) is 11.3 Å². The molecule has 0 unspecified atom stereocenters. The van der Waals surface area contributed by atoms with Crippen LogP contribution >= 0.6 is 22.9 Å². The molecule has 0 saturated heterocycles. The summed E-state index contributed by atoms with van der Waals surface area (Å²) in [4.78, 5) is 3.91. The summed E-state index contributed by atoms with van der Waals surface area (Å²) in [7, 11) is 0. The number of anilines is 1. The van der Waals surface area contributed by atoms with Gasteiger partial charge >= 0.3 is 0 Å². The standard InChI is InChI=1S/C10H8ClFN2S/c1-5-2-3-6(4-7(5)11)8-9(12)15-10(13)14-8/h2-4H,1H3,(H2,13,14). The Morgan fingerprint density at radius 3 is 2.73 bits per heavy atom. The molecule has 0 bridgehead atoms. The molecule has 0 aliphatic rings. The van der Waals surface area contributed by atoms with Crippen LogP contribution in [0, 0.1) is 12.1 Å². The molecular weight excluding hydrogens is 235 g/mol. The van der Waals surface area contributed by atoms with Crippen molar-refractivity contribution >= 4 is 28.1 Å². The fraction of sp³-hybridized carbons (Fsp3) is 0.100. The van der Waals surface area contributed by atoms with Gasteiger partial charge < -0.3 is 5.73 Å². The van der Waals surface area contributed by atoms with Crippen LogP contribution in [-0.2, 0) is 0 Å². The highest BCUT2D eigenvalue weighted by Gasteiger charge is 2.11. The van der Waals surface area contributed by atoms with Crippen LogP contribution < -0.4 is 5.73 Å². The molecule has 0 amide bonds. The highest BCUT2D eigenvalue weighted by molar-refractivity contribution is 7.14. The quantitative estimate of drug-likeness (QED) is 0.831. The molecule has 0 radical (unpaired) electrons. The molecule has 0 saturated carbocycles. The number of benzene rings is 1. The lowest BCUT2D eigenvalue weighted by Crippen LogP contribution is -1.85. The first kappa shape index (κ1) is 10.4. The topological polar surface area (TPSA) is 38.9 Å². The van der Waals surface area contributed by atoms with Crippen molar-refractivity contribution in [2.45, 2.75) is 6.92 Å². The SMILES string of the molecule is Cc1ccc(-c2nc(N)sc2F)cc1Cl. The van der Waals surface area contributed by atoms with Crippen molar-refractivity contribution in [3.05, 3.63) is 33.9 Å². The minimum Gasteiger partial charge on any atom is -0.375 e. The Bertz CT molecular complexity index is 510. The zero-order chi connectivity index (χ0) is 11.0. The number of nitrogens with zero attached hydrogens (tertiary/aromatic N) is 1. The molecule has 2 aromatic rings. The average Bonchev–Trinajstić information content (AvgIpc) is 2.50. The molecule has 0 aliphatic carbocycles. The van der Waals surface area contributed by atoms with Gasteiger partial charge in [-0.2, -0.15) is 4.39 Å². The first-order valence-corrected chi connectivity index (χ1v) is 5.45. The molecule has 0 spiro atoms. The third-order valence-electron chi connectivity index (χ3n) is 2.05. The first-order valence-electron chi connectivity index (χ1n) is 4.26. The normalized spacial score (nSPS) is 10.6. The van der Waals surface area contributed by atoms with Gasteiger partial charge in [0.15, 0.2) is 5.13 Å². The van der Waals surface area contributed by atoms with Crippen molar-refractivity contribution in [1.29, 1.82) is 0 Å². The lowest BCUT2D eigenvalue weighted by atomic mass is 10.1. The van der Waals surface area contributed by atoms with Gasteiger partial charge in [0.1, 0.15) is 5.69 Å². The van der Waals surface area contributed by atoms with E-state index in [0.717, 1.165) is 16.9 Å². The number of thiazole rings is 1. The molecule has 0 aliphatic heterocycles. The van der Waals surface area contributed by atoms with Gasteiger partial charge in [0.05, 0.1) is 0 Å². The second-order valence-corrected chi connectivity index (χ2v) is 4.53. The van der Waals surface area contributed by atoms with Gasteiger partial charge in [-0.3, -0.25) is 0 Å². The maximum Gasteiger partial charge on any atom is 0.206 e. The van der Waals surface area contributed by atoms with Crippen LogP contribution in [0.2, 0.25) is 5.02 Å². The number of hydrogen-bond acceptors (Lipinski definition) is 3. The monoisotopic (exact) mass is 242 g/mol. The lowest BCUT2D eigenvalue weighted by Gasteiger charge is -2.00. The van der Waals surface area contributed by atoms with E-state index in [1.807, 2.05) is 13.0 Å². The van der Waals surface area contributed by atoms with Crippen molar-refractivity contribution in [2.75, 3.05) is 5.73 Å². The first-order chi connectivity index (χ1) is 7.08. The molecule has 2 N–H and O–H groups in total. The Hall–Kier alpha value is -1.13. The molecular formula is C10H8ClFN2S. The Morgan fingerprint density at radius 2 is 2.20 bits per heavy atom. The van der Waals surface area contributed by atoms with Crippen molar-refractivity contribution in [3.63, 3.8) is 0 Å². The average molecular weight is 243 g/mol. The van der Waals surface area contributed by atoms with E-state index in [4.69, 9.17) is 17.3 Å². The molecule has 5 heteroatoms. The van der Waals surface area contributed by atoms with Crippen LogP contribution in [0.1, 0.15) is 5.56 Å². The Kier molecular flexibility index (Phi) is 2.63. The van der Waals surface area contributed by atoms with E-state index in [2.05, 4.69) is 4.98 Å². The summed E-state index contributed by atoms with van der Waals surface area (Å²) < 4.78 is 13.4. The fourth-order valence-electron chi connectivity index (χ4n) is 1.24.